The zero-order valence-corrected chi connectivity index (χ0v) is 20.0. The van der Waals surface area contributed by atoms with Crippen LogP contribution in [0.15, 0.2) is 47.6 Å². The van der Waals surface area contributed by atoms with Gasteiger partial charge in [-0.15, -0.1) is 0 Å². The molecule has 4 rings (SSSR count). The van der Waals surface area contributed by atoms with Crippen LogP contribution in [0.5, 0.6) is 0 Å². The number of piperidine rings is 1. The number of anilines is 1. The van der Waals surface area contributed by atoms with Crippen molar-refractivity contribution in [3.05, 3.63) is 53.1 Å². The molecule has 1 saturated heterocycles. The monoisotopic (exact) mass is 472 g/mol. The number of nitrogens with zero attached hydrogens (tertiary/aromatic N) is 3. The van der Waals surface area contributed by atoms with Crippen molar-refractivity contribution in [2.45, 2.75) is 43.1 Å². The number of hydrogen-bond acceptors (Lipinski definition) is 5. The highest BCUT2D eigenvalue weighted by molar-refractivity contribution is 8.00. The average molecular weight is 473 g/mol. The summed E-state index contributed by atoms with van der Waals surface area (Å²) < 4.78 is 2.28. The number of halogens is 1. The van der Waals surface area contributed by atoms with E-state index >= 15 is 0 Å². The molecule has 1 aliphatic heterocycles. The lowest BCUT2D eigenvalue weighted by atomic mass is 10.1. The van der Waals surface area contributed by atoms with Gasteiger partial charge in [0.05, 0.1) is 33.6 Å². The molecule has 1 aliphatic rings. The number of β-amino-alcohol motifs (C(OH)–C–C–N with tert-alkyl or cyclic N) is 1. The Morgan fingerprint density at radius 1 is 1.34 bits per heavy atom. The molecule has 32 heavy (non-hydrogen) atoms. The van der Waals surface area contributed by atoms with Gasteiger partial charge in [-0.25, -0.2) is 4.98 Å². The second-order valence-electron chi connectivity index (χ2n) is 8.31. The summed E-state index contributed by atoms with van der Waals surface area (Å²) in [5, 5.41) is 13.4. The van der Waals surface area contributed by atoms with Crippen LogP contribution in [-0.2, 0) is 4.79 Å². The lowest BCUT2D eigenvalue weighted by molar-refractivity contribution is -0.115. The van der Waals surface area contributed by atoms with Crippen LogP contribution >= 0.6 is 23.4 Å². The first-order chi connectivity index (χ1) is 15.5. The molecule has 2 atom stereocenters. The Balaban J connectivity index is 1.57. The van der Waals surface area contributed by atoms with Crippen molar-refractivity contribution < 1.29 is 9.90 Å². The molecule has 2 unspecified atom stereocenters. The zero-order valence-electron chi connectivity index (χ0n) is 18.4. The predicted octanol–water partition coefficient (Wildman–Crippen LogP) is 4.75. The fourth-order valence-electron chi connectivity index (χ4n) is 4.21. The van der Waals surface area contributed by atoms with Crippen molar-refractivity contribution in [2.24, 2.45) is 0 Å². The van der Waals surface area contributed by atoms with E-state index in [1.807, 2.05) is 50.2 Å². The predicted molar refractivity (Wildman–Crippen MR) is 132 cm³/mol. The number of aryl methyl sites for hydroxylation is 1. The molecule has 0 saturated carbocycles. The fraction of sp³-hybridized carbons (Fsp3) is 0.417. The minimum absolute atomic E-state index is 0.107. The number of nitrogens with one attached hydrogen (secondary N) is 1. The number of aliphatic hydroxyl groups excluding tert-OH is 1. The van der Waals surface area contributed by atoms with Gasteiger partial charge < -0.3 is 15.0 Å². The number of imidazole rings is 1. The number of para-hydroxylation sites is 2. The summed E-state index contributed by atoms with van der Waals surface area (Å²) >= 11 is 7.77. The molecule has 1 fully saturated rings. The van der Waals surface area contributed by atoms with Crippen LogP contribution in [0.25, 0.3) is 11.0 Å². The molecule has 2 heterocycles. The molecule has 170 valence electrons. The van der Waals surface area contributed by atoms with E-state index in [1.165, 1.54) is 11.8 Å². The minimum atomic E-state index is -0.347. The molecule has 0 aliphatic carbocycles. The fourth-order valence-corrected chi connectivity index (χ4v) is 5.49. The molecule has 1 aromatic heterocycles. The number of fused-ring (bicyclic) bond motifs is 1. The van der Waals surface area contributed by atoms with E-state index in [4.69, 9.17) is 16.6 Å². The van der Waals surface area contributed by atoms with Crippen molar-refractivity contribution >= 4 is 46.0 Å². The van der Waals surface area contributed by atoms with Crippen molar-refractivity contribution in [2.75, 3.05) is 31.6 Å². The Kier molecular flexibility index (Phi) is 7.40. The standard InChI is InChI=1S/C24H29ClN4O2S/c1-16-9-10-20(19(25)14-16)26-23(31)17(2)32-24-27-21-7-3-4-8-22(21)29(24)18-6-5-11-28(15-18)12-13-30/h3-4,7-10,14,17-18,30H,5-6,11-13,15H2,1-2H3,(H,26,31). The Morgan fingerprint density at radius 3 is 2.94 bits per heavy atom. The molecule has 8 heteroatoms. The molecule has 1 amide bonds. The van der Waals surface area contributed by atoms with Gasteiger partial charge in [0.2, 0.25) is 5.91 Å². The van der Waals surface area contributed by atoms with Crippen LogP contribution < -0.4 is 5.32 Å². The largest absolute Gasteiger partial charge is 0.395 e. The number of carbonyl (C=O) groups excluding carboxylic acids is 1. The number of thioether (sulfide) groups is 1. The average Bonchev–Trinajstić information content (AvgIpc) is 3.13. The molecule has 0 spiro atoms. The third kappa shape index (κ3) is 5.12. The number of carbonyl (C=O) groups is 1. The van der Waals surface area contributed by atoms with Crippen LogP contribution in [0.4, 0.5) is 5.69 Å². The summed E-state index contributed by atoms with van der Waals surface area (Å²) in [6.45, 7) is 6.58. The summed E-state index contributed by atoms with van der Waals surface area (Å²) in [7, 11) is 0. The van der Waals surface area contributed by atoms with Gasteiger partial charge in [-0.1, -0.05) is 41.6 Å². The van der Waals surface area contributed by atoms with Crippen molar-refractivity contribution in [3.63, 3.8) is 0 Å². The number of rotatable bonds is 7. The topological polar surface area (TPSA) is 70.4 Å². The number of aromatic nitrogens is 2. The molecule has 0 radical (unpaired) electrons. The van der Waals surface area contributed by atoms with Crippen LogP contribution in [-0.4, -0.2) is 57.0 Å². The van der Waals surface area contributed by atoms with Gasteiger partial charge in [-0.3, -0.25) is 9.69 Å². The van der Waals surface area contributed by atoms with Gasteiger partial charge in [-0.05, 0) is 63.1 Å². The van der Waals surface area contributed by atoms with E-state index in [0.717, 1.165) is 47.7 Å². The minimum Gasteiger partial charge on any atom is -0.395 e. The first-order valence-electron chi connectivity index (χ1n) is 11.0. The normalized spacial score (nSPS) is 18.1. The third-order valence-corrected chi connectivity index (χ3v) is 7.24. The van der Waals surface area contributed by atoms with Crippen LogP contribution in [0.3, 0.4) is 0 Å². The molecule has 3 aromatic rings. The highest BCUT2D eigenvalue weighted by atomic mass is 35.5. The first kappa shape index (κ1) is 23.1. The Morgan fingerprint density at radius 2 is 2.16 bits per heavy atom. The van der Waals surface area contributed by atoms with Gasteiger partial charge in [0, 0.05) is 19.1 Å². The maximum absolute atomic E-state index is 12.9. The maximum Gasteiger partial charge on any atom is 0.237 e. The Bertz CT molecular complexity index is 1100. The summed E-state index contributed by atoms with van der Waals surface area (Å²) in [5.74, 6) is -0.107. The van der Waals surface area contributed by atoms with E-state index in [0.29, 0.717) is 17.3 Å². The highest BCUT2D eigenvalue weighted by Gasteiger charge is 2.27. The molecular formula is C24H29ClN4O2S. The molecule has 0 bridgehead atoms. The Labute approximate surface area is 198 Å². The van der Waals surface area contributed by atoms with Crippen LogP contribution in [0, 0.1) is 6.92 Å². The van der Waals surface area contributed by atoms with Crippen molar-refractivity contribution in [1.29, 1.82) is 0 Å². The van der Waals surface area contributed by atoms with E-state index in [-0.39, 0.29) is 23.8 Å². The lowest BCUT2D eigenvalue weighted by Gasteiger charge is -2.34. The number of hydrogen-bond donors (Lipinski definition) is 2. The summed E-state index contributed by atoms with van der Waals surface area (Å²) in [6.07, 6.45) is 2.12. The molecule has 6 nitrogen and oxygen atoms in total. The lowest BCUT2D eigenvalue weighted by Crippen LogP contribution is -2.38. The van der Waals surface area contributed by atoms with Gasteiger partial charge >= 0.3 is 0 Å². The number of likely N-dealkylation sites (tertiary alicyclic amines) is 1. The number of benzene rings is 2. The quantitative estimate of drug-likeness (QED) is 0.486. The van der Waals surface area contributed by atoms with Crippen LogP contribution in [0.2, 0.25) is 5.02 Å². The first-order valence-corrected chi connectivity index (χ1v) is 12.3. The number of amides is 1. The highest BCUT2D eigenvalue weighted by Crippen LogP contribution is 2.34. The summed E-state index contributed by atoms with van der Waals surface area (Å²) in [6, 6.07) is 14.0. The van der Waals surface area contributed by atoms with Gasteiger partial charge in [-0.2, -0.15) is 0 Å². The molecular weight excluding hydrogens is 444 g/mol. The second kappa shape index (κ2) is 10.3. The maximum atomic E-state index is 12.9. The van der Waals surface area contributed by atoms with E-state index < -0.39 is 0 Å². The van der Waals surface area contributed by atoms with Gasteiger partial charge in [0.15, 0.2) is 5.16 Å². The summed E-state index contributed by atoms with van der Waals surface area (Å²) in [5.41, 5.74) is 3.69. The van der Waals surface area contributed by atoms with E-state index in [1.54, 1.807) is 0 Å². The third-order valence-electron chi connectivity index (χ3n) is 5.86. The number of aliphatic hydroxyl groups is 1. The second-order valence-corrected chi connectivity index (χ2v) is 10.0. The molecule has 2 N–H and O–H groups in total. The van der Waals surface area contributed by atoms with Gasteiger partial charge in [0.25, 0.3) is 0 Å². The van der Waals surface area contributed by atoms with Gasteiger partial charge in [0.1, 0.15) is 0 Å². The van der Waals surface area contributed by atoms with E-state index in [2.05, 4.69) is 20.9 Å². The summed E-state index contributed by atoms with van der Waals surface area (Å²) in [4.78, 5) is 20.1. The molecule has 2 aromatic carbocycles. The zero-order chi connectivity index (χ0) is 22.7. The smallest absolute Gasteiger partial charge is 0.237 e. The van der Waals surface area contributed by atoms with E-state index in [9.17, 15) is 9.90 Å². The Hall–Kier alpha value is -2.06. The van der Waals surface area contributed by atoms with Crippen LogP contribution in [0.1, 0.15) is 31.4 Å². The van der Waals surface area contributed by atoms with Crippen molar-refractivity contribution in [3.8, 4) is 0 Å². The van der Waals surface area contributed by atoms with Crippen molar-refractivity contribution in [1.82, 2.24) is 14.5 Å². The SMILES string of the molecule is Cc1ccc(NC(=O)C(C)Sc2nc3ccccc3n2C2CCCN(CCO)C2)c(Cl)c1.